The molecule has 0 aliphatic rings. The maximum absolute atomic E-state index is 11.4. The molecule has 0 aromatic rings. The number of carbonyl (C=O) groups excluding carboxylic acids is 1. The highest BCUT2D eigenvalue weighted by molar-refractivity contribution is 5.68. The van der Waals surface area contributed by atoms with Crippen LogP contribution < -0.4 is 11.1 Å². The molecule has 0 aromatic heterocycles. The van der Waals surface area contributed by atoms with Crippen molar-refractivity contribution >= 4 is 6.09 Å². The van der Waals surface area contributed by atoms with E-state index in [9.17, 15) is 4.79 Å². The molecule has 0 radical (unpaired) electrons. The van der Waals surface area contributed by atoms with Gasteiger partial charge in [-0.2, -0.15) is 0 Å². The fourth-order valence-electron chi connectivity index (χ4n) is 1.18. The lowest BCUT2D eigenvalue weighted by Gasteiger charge is -2.21. The van der Waals surface area contributed by atoms with Gasteiger partial charge in [0, 0.05) is 12.1 Å². The Hall–Kier alpha value is -0.850. The highest BCUT2D eigenvalue weighted by Gasteiger charge is 2.15. The predicted octanol–water partition coefficient (Wildman–Crippen LogP) is 1.28. The molecular formula is C13H28N2O4. The molecule has 19 heavy (non-hydrogen) atoms. The molecule has 6 nitrogen and oxygen atoms in total. The number of carbonyl (C=O) groups is 1. The van der Waals surface area contributed by atoms with Gasteiger partial charge in [0.1, 0.15) is 6.61 Å². The number of alkyl carbamates (subject to hydrolysis) is 1. The normalized spacial score (nSPS) is 13.1. The van der Waals surface area contributed by atoms with Crippen LogP contribution in [0.3, 0.4) is 0 Å². The molecule has 3 N–H and O–H groups in total. The van der Waals surface area contributed by atoms with Crippen LogP contribution in [0.15, 0.2) is 0 Å². The fourth-order valence-corrected chi connectivity index (χ4v) is 1.18. The number of nitrogens with two attached hydrogens (primary N) is 1. The number of nitrogens with one attached hydrogen (secondary N) is 1. The third-order valence-electron chi connectivity index (χ3n) is 2.05. The zero-order valence-corrected chi connectivity index (χ0v) is 12.5. The van der Waals surface area contributed by atoms with Gasteiger partial charge in [-0.15, -0.1) is 0 Å². The summed E-state index contributed by atoms with van der Waals surface area (Å²) in [7, 11) is 0. The fraction of sp³-hybridized carbons (Fsp3) is 0.923. The van der Waals surface area contributed by atoms with Gasteiger partial charge in [-0.1, -0.05) is 0 Å². The first-order chi connectivity index (χ1) is 8.85. The van der Waals surface area contributed by atoms with Crippen molar-refractivity contribution in [2.75, 3.05) is 33.0 Å². The molecule has 0 aliphatic carbocycles. The van der Waals surface area contributed by atoms with Gasteiger partial charge in [0.05, 0.1) is 19.3 Å². The Kier molecular flexibility index (Phi) is 9.55. The monoisotopic (exact) mass is 276 g/mol. The first-order valence-electron chi connectivity index (χ1n) is 6.69. The molecular weight excluding hydrogens is 248 g/mol. The van der Waals surface area contributed by atoms with Crippen LogP contribution in [0.5, 0.6) is 0 Å². The molecule has 6 heteroatoms. The van der Waals surface area contributed by atoms with Crippen molar-refractivity contribution in [2.45, 2.75) is 45.8 Å². The Morgan fingerprint density at radius 1 is 1.26 bits per heavy atom. The third kappa shape index (κ3) is 13.4. The summed E-state index contributed by atoms with van der Waals surface area (Å²) in [5.74, 6) is 0. The van der Waals surface area contributed by atoms with Gasteiger partial charge < -0.3 is 25.3 Å². The largest absolute Gasteiger partial charge is 0.447 e. The quantitative estimate of drug-likeness (QED) is 0.620. The Balaban J connectivity index is 3.48. The molecule has 0 saturated carbocycles. The number of ether oxygens (including phenoxy) is 3. The van der Waals surface area contributed by atoms with E-state index >= 15 is 0 Å². The van der Waals surface area contributed by atoms with Crippen LogP contribution in [0.1, 0.15) is 34.1 Å². The van der Waals surface area contributed by atoms with Crippen molar-refractivity contribution in [3.8, 4) is 0 Å². The van der Waals surface area contributed by atoms with Gasteiger partial charge in [-0.25, -0.2) is 4.79 Å². The van der Waals surface area contributed by atoms with E-state index in [2.05, 4.69) is 5.32 Å². The van der Waals surface area contributed by atoms with E-state index in [1.54, 1.807) is 0 Å². The number of hydrogen-bond acceptors (Lipinski definition) is 5. The molecule has 0 aliphatic heterocycles. The van der Waals surface area contributed by atoms with Crippen molar-refractivity contribution in [1.29, 1.82) is 0 Å². The topological polar surface area (TPSA) is 82.8 Å². The lowest BCUT2D eigenvalue weighted by atomic mass is 10.1. The Labute approximate surface area is 116 Å². The Morgan fingerprint density at radius 2 is 1.95 bits per heavy atom. The van der Waals surface area contributed by atoms with Crippen molar-refractivity contribution in [2.24, 2.45) is 5.73 Å². The number of rotatable bonds is 9. The first kappa shape index (κ1) is 18.1. The first-order valence-corrected chi connectivity index (χ1v) is 6.69. The van der Waals surface area contributed by atoms with E-state index in [0.717, 1.165) is 6.42 Å². The molecule has 1 unspecified atom stereocenters. The van der Waals surface area contributed by atoms with Crippen LogP contribution in [-0.2, 0) is 14.2 Å². The van der Waals surface area contributed by atoms with E-state index in [0.29, 0.717) is 26.4 Å². The van der Waals surface area contributed by atoms with Crippen molar-refractivity contribution < 1.29 is 19.0 Å². The minimum absolute atomic E-state index is 0.149. The highest BCUT2D eigenvalue weighted by atomic mass is 16.6. The second-order valence-electron chi connectivity index (χ2n) is 5.41. The Morgan fingerprint density at radius 3 is 2.53 bits per heavy atom. The highest BCUT2D eigenvalue weighted by Crippen LogP contribution is 2.00. The summed E-state index contributed by atoms with van der Waals surface area (Å²) in [4.78, 5) is 11.4. The predicted molar refractivity (Wildman–Crippen MR) is 74.1 cm³/mol. The van der Waals surface area contributed by atoms with E-state index < -0.39 is 6.09 Å². The molecule has 114 valence electrons. The molecule has 0 saturated heterocycles. The van der Waals surface area contributed by atoms with Gasteiger partial charge >= 0.3 is 6.09 Å². The lowest BCUT2D eigenvalue weighted by Crippen LogP contribution is -2.41. The van der Waals surface area contributed by atoms with Gasteiger partial charge in [-0.3, -0.25) is 0 Å². The summed E-state index contributed by atoms with van der Waals surface area (Å²) < 4.78 is 15.8. The summed E-state index contributed by atoms with van der Waals surface area (Å²) in [6.07, 6.45) is 0.275. The summed E-state index contributed by atoms with van der Waals surface area (Å²) in [6, 6.07) is 0. The van der Waals surface area contributed by atoms with Gasteiger partial charge in [0.15, 0.2) is 0 Å². The number of hydrogen-bond donors (Lipinski definition) is 2. The summed E-state index contributed by atoms with van der Waals surface area (Å²) >= 11 is 0. The minimum Gasteiger partial charge on any atom is -0.447 e. The van der Waals surface area contributed by atoms with E-state index in [4.69, 9.17) is 19.9 Å². The van der Waals surface area contributed by atoms with Crippen LogP contribution in [0.4, 0.5) is 4.79 Å². The second kappa shape index (κ2) is 10.00. The summed E-state index contributed by atoms with van der Waals surface area (Å²) in [6.45, 7) is 10.1. The standard InChI is InChI=1S/C13H28N2O4/c1-11(18-9-8-17-7-5-6-14)10-19-12(16)15-13(2,3)4/h11H,5-10,14H2,1-4H3,(H,15,16). The zero-order valence-electron chi connectivity index (χ0n) is 12.5. The molecule has 0 rings (SSSR count). The van der Waals surface area contributed by atoms with Gasteiger partial charge in [0.2, 0.25) is 0 Å². The third-order valence-corrected chi connectivity index (χ3v) is 2.05. The van der Waals surface area contributed by atoms with Crippen LogP contribution in [0.2, 0.25) is 0 Å². The maximum atomic E-state index is 11.4. The average Bonchev–Trinajstić information content (AvgIpc) is 2.29. The van der Waals surface area contributed by atoms with E-state index in [-0.39, 0.29) is 18.2 Å². The zero-order chi connectivity index (χ0) is 14.7. The van der Waals surface area contributed by atoms with Crippen molar-refractivity contribution in [3.05, 3.63) is 0 Å². The smallest absolute Gasteiger partial charge is 0.407 e. The maximum Gasteiger partial charge on any atom is 0.407 e. The van der Waals surface area contributed by atoms with Crippen LogP contribution in [0.25, 0.3) is 0 Å². The van der Waals surface area contributed by atoms with E-state index in [1.807, 2.05) is 27.7 Å². The van der Waals surface area contributed by atoms with E-state index in [1.165, 1.54) is 0 Å². The molecule has 0 fully saturated rings. The SMILES string of the molecule is CC(COC(=O)NC(C)(C)C)OCCOCCCN. The lowest BCUT2D eigenvalue weighted by molar-refractivity contribution is -0.0152. The van der Waals surface area contributed by atoms with Gasteiger partial charge in [-0.05, 0) is 40.7 Å². The van der Waals surface area contributed by atoms with Crippen molar-refractivity contribution in [1.82, 2.24) is 5.32 Å². The molecule has 1 atom stereocenters. The average molecular weight is 276 g/mol. The van der Waals surface area contributed by atoms with Crippen molar-refractivity contribution in [3.63, 3.8) is 0 Å². The number of amides is 1. The molecule has 0 bridgehead atoms. The van der Waals surface area contributed by atoms with Gasteiger partial charge in [0.25, 0.3) is 0 Å². The Bertz CT molecular complexity index is 241. The molecule has 0 heterocycles. The van der Waals surface area contributed by atoms with Crippen LogP contribution in [-0.4, -0.2) is 50.7 Å². The van der Waals surface area contributed by atoms with Crippen LogP contribution in [0, 0.1) is 0 Å². The molecule has 0 aromatic carbocycles. The van der Waals surface area contributed by atoms with Crippen LogP contribution >= 0.6 is 0 Å². The minimum atomic E-state index is -0.429. The second-order valence-corrected chi connectivity index (χ2v) is 5.41. The molecule has 1 amide bonds. The summed E-state index contributed by atoms with van der Waals surface area (Å²) in [5.41, 5.74) is 5.04. The summed E-state index contributed by atoms with van der Waals surface area (Å²) in [5, 5.41) is 2.71. The molecule has 0 spiro atoms.